The number of hydrogen-bond donors (Lipinski definition) is 0. The molecule has 19 heavy (non-hydrogen) atoms. The maximum absolute atomic E-state index is 12.4. The van der Waals surface area contributed by atoms with Crippen molar-refractivity contribution in [3.05, 3.63) is 52.6 Å². The first kappa shape index (κ1) is 13.5. The van der Waals surface area contributed by atoms with Crippen LogP contribution < -0.4 is 0 Å². The monoisotopic (exact) mass is 256 g/mol. The molecule has 1 heterocycles. The molecule has 0 spiro atoms. The van der Waals surface area contributed by atoms with E-state index in [0.717, 1.165) is 28.9 Å². The molecule has 3 nitrogen and oxygen atoms in total. The van der Waals surface area contributed by atoms with Crippen LogP contribution >= 0.6 is 0 Å². The maximum atomic E-state index is 12.4. The van der Waals surface area contributed by atoms with Gasteiger partial charge in [0.15, 0.2) is 5.78 Å². The Labute approximate surface area is 114 Å². The Hall–Kier alpha value is -1.90. The Morgan fingerprint density at radius 1 is 1.16 bits per heavy atom. The molecule has 0 bridgehead atoms. The molecule has 1 aromatic carbocycles. The fourth-order valence-corrected chi connectivity index (χ4v) is 2.30. The standard InChI is InChI=1S/C16H20N2O/c1-5-16-17-6-7-18(16)10-15(19)14-9-12(3)11(2)8-13(14)4/h6-9H,5,10H2,1-4H3. The van der Waals surface area contributed by atoms with Gasteiger partial charge in [-0.15, -0.1) is 0 Å². The van der Waals surface area contributed by atoms with E-state index in [1.165, 1.54) is 5.56 Å². The molecule has 0 unspecified atom stereocenters. The smallest absolute Gasteiger partial charge is 0.182 e. The summed E-state index contributed by atoms with van der Waals surface area (Å²) in [7, 11) is 0. The Morgan fingerprint density at radius 2 is 1.84 bits per heavy atom. The zero-order chi connectivity index (χ0) is 14.0. The highest BCUT2D eigenvalue weighted by molar-refractivity contribution is 5.97. The van der Waals surface area contributed by atoms with Crippen molar-refractivity contribution in [3.63, 3.8) is 0 Å². The predicted molar refractivity (Wildman–Crippen MR) is 76.6 cm³/mol. The molecule has 100 valence electrons. The fraction of sp³-hybridized carbons (Fsp3) is 0.375. The third kappa shape index (κ3) is 2.75. The summed E-state index contributed by atoms with van der Waals surface area (Å²) in [4.78, 5) is 16.7. The van der Waals surface area contributed by atoms with Gasteiger partial charge in [-0.25, -0.2) is 4.98 Å². The van der Waals surface area contributed by atoms with Gasteiger partial charge in [0.2, 0.25) is 0 Å². The van der Waals surface area contributed by atoms with Crippen LogP contribution in [0.25, 0.3) is 0 Å². The second-order valence-electron chi connectivity index (χ2n) is 5.00. The Kier molecular flexibility index (Phi) is 3.84. The van der Waals surface area contributed by atoms with Crippen LogP contribution in [0, 0.1) is 20.8 Å². The first-order valence-electron chi connectivity index (χ1n) is 6.64. The van der Waals surface area contributed by atoms with Crippen molar-refractivity contribution in [2.75, 3.05) is 0 Å². The molecule has 0 aliphatic rings. The number of benzene rings is 1. The van der Waals surface area contributed by atoms with Gasteiger partial charge in [0.25, 0.3) is 0 Å². The van der Waals surface area contributed by atoms with Gasteiger partial charge < -0.3 is 4.57 Å². The van der Waals surface area contributed by atoms with Crippen LogP contribution in [-0.4, -0.2) is 15.3 Å². The molecular weight excluding hydrogens is 236 g/mol. The van der Waals surface area contributed by atoms with E-state index in [0.29, 0.717) is 6.54 Å². The highest BCUT2D eigenvalue weighted by Gasteiger charge is 2.12. The molecular formula is C16H20N2O. The van der Waals surface area contributed by atoms with E-state index in [2.05, 4.69) is 18.0 Å². The lowest BCUT2D eigenvalue weighted by Gasteiger charge is -2.10. The van der Waals surface area contributed by atoms with Crippen LogP contribution in [0.1, 0.15) is 39.8 Å². The molecule has 3 heteroatoms. The van der Waals surface area contributed by atoms with E-state index in [9.17, 15) is 4.79 Å². The molecule has 0 aliphatic heterocycles. The van der Waals surface area contributed by atoms with Crippen molar-refractivity contribution in [1.29, 1.82) is 0 Å². The van der Waals surface area contributed by atoms with Crippen molar-refractivity contribution in [2.24, 2.45) is 0 Å². The van der Waals surface area contributed by atoms with Crippen LogP contribution in [0.5, 0.6) is 0 Å². The Bertz CT molecular complexity index is 611. The molecule has 0 amide bonds. The Morgan fingerprint density at radius 3 is 2.53 bits per heavy atom. The number of ketones is 1. The van der Waals surface area contributed by atoms with Crippen LogP contribution in [0.2, 0.25) is 0 Å². The first-order valence-corrected chi connectivity index (χ1v) is 6.64. The maximum Gasteiger partial charge on any atom is 0.182 e. The van der Waals surface area contributed by atoms with Gasteiger partial charge in [-0.1, -0.05) is 13.0 Å². The number of hydrogen-bond acceptors (Lipinski definition) is 2. The fourth-order valence-electron chi connectivity index (χ4n) is 2.30. The minimum absolute atomic E-state index is 0.147. The summed E-state index contributed by atoms with van der Waals surface area (Å²) in [6, 6.07) is 4.08. The third-order valence-electron chi connectivity index (χ3n) is 3.57. The zero-order valence-electron chi connectivity index (χ0n) is 12.0. The molecule has 2 rings (SSSR count). The summed E-state index contributed by atoms with van der Waals surface area (Å²) >= 11 is 0. The van der Waals surface area contributed by atoms with Crippen LogP contribution in [0.4, 0.5) is 0 Å². The summed E-state index contributed by atoms with van der Waals surface area (Å²) in [6.07, 6.45) is 4.46. The van der Waals surface area contributed by atoms with E-state index < -0.39 is 0 Å². The molecule has 0 radical (unpaired) electrons. The van der Waals surface area contributed by atoms with Gasteiger partial charge >= 0.3 is 0 Å². The summed E-state index contributed by atoms with van der Waals surface area (Å²) in [5.74, 6) is 1.10. The van der Waals surface area contributed by atoms with Gasteiger partial charge in [-0.05, 0) is 43.5 Å². The van der Waals surface area contributed by atoms with E-state index in [1.807, 2.05) is 37.6 Å². The largest absolute Gasteiger partial charge is 0.327 e. The predicted octanol–water partition coefficient (Wildman–Crippen LogP) is 3.25. The lowest BCUT2D eigenvalue weighted by atomic mass is 9.98. The molecule has 2 aromatic rings. The van der Waals surface area contributed by atoms with E-state index >= 15 is 0 Å². The van der Waals surface area contributed by atoms with E-state index in [-0.39, 0.29) is 5.78 Å². The van der Waals surface area contributed by atoms with Gasteiger partial charge in [0, 0.05) is 24.4 Å². The summed E-state index contributed by atoms with van der Waals surface area (Å²) in [5.41, 5.74) is 4.26. The second kappa shape index (κ2) is 5.39. The van der Waals surface area contributed by atoms with Crippen molar-refractivity contribution in [1.82, 2.24) is 9.55 Å². The lowest BCUT2D eigenvalue weighted by Crippen LogP contribution is -2.13. The number of carbonyl (C=O) groups excluding carboxylic acids is 1. The number of aromatic nitrogens is 2. The average Bonchev–Trinajstić information content (AvgIpc) is 2.80. The number of nitrogens with zero attached hydrogens (tertiary/aromatic N) is 2. The zero-order valence-corrected chi connectivity index (χ0v) is 12.0. The van der Waals surface area contributed by atoms with Crippen molar-refractivity contribution in [3.8, 4) is 0 Å². The topological polar surface area (TPSA) is 34.9 Å². The summed E-state index contributed by atoms with van der Waals surface area (Å²) < 4.78 is 1.93. The van der Waals surface area contributed by atoms with Crippen molar-refractivity contribution in [2.45, 2.75) is 40.7 Å². The van der Waals surface area contributed by atoms with Gasteiger partial charge in [0.05, 0.1) is 6.54 Å². The van der Waals surface area contributed by atoms with E-state index in [4.69, 9.17) is 0 Å². The first-order chi connectivity index (χ1) is 9.02. The second-order valence-corrected chi connectivity index (χ2v) is 5.00. The average molecular weight is 256 g/mol. The lowest BCUT2D eigenvalue weighted by molar-refractivity contribution is 0.0970. The molecule has 1 aromatic heterocycles. The number of Topliss-reactive ketones (excluding diaryl/α,β-unsaturated/α-hetero) is 1. The Balaban J connectivity index is 2.28. The molecule has 0 N–H and O–H groups in total. The molecule has 0 saturated carbocycles. The molecule has 0 saturated heterocycles. The van der Waals surface area contributed by atoms with Gasteiger partial charge in [-0.3, -0.25) is 4.79 Å². The van der Waals surface area contributed by atoms with E-state index in [1.54, 1.807) is 6.20 Å². The number of aryl methyl sites for hydroxylation is 4. The number of carbonyl (C=O) groups is 1. The SMILES string of the molecule is CCc1nccn1CC(=O)c1cc(C)c(C)cc1C. The quantitative estimate of drug-likeness (QED) is 0.787. The van der Waals surface area contributed by atoms with Crippen molar-refractivity contribution >= 4 is 5.78 Å². The molecule has 0 fully saturated rings. The summed E-state index contributed by atoms with van der Waals surface area (Å²) in [5, 5.41) is 0. The minimum Gasteiger partial charge on any atom is -0.327 e. The minimum atomic E-state index is 0.147. The van der Waals surface area contributed by atoms with Gasteiger partial charge in [-0.2, -0.15) is 0 Å². The normalized spacial score (nSPS) is 10.7. The van der Waals surface area contributed by atoms with Crippen molar-refractivity contribution < 1.29 is 4.79 Å². The van der Waals surface area contributed by atoms with Crippen LogP contribution in [0.15, 0.2) is 24.5 Å². The number of imidazole rings is 1. The highest BCUT2D eigenvalue weighted by atomic mass is 16.1. The van der Waals surface area contributed by atoms with Crippen LogP contribution in [-0.2, 0) is 13.0 Å². The summed E-state index contributed by atoms with van der Waals surface area (Å²) in [6.45, 7) is 8.52. The third-order valence-corrected chi connectivity index (χ3v) is 3.57. The van der Waals surface area contributed by atoms with Gasteiger partial charge in [0.1, 0.15) is 5.82 Å². The number of rotatable bonds is 4. The van der Waals surface area contributed by atoms with Crippen LogP contribution in [0.3, 0.4) is 0 Å². The molecule has 0 aliphatic carbocycles. The molecule has 0 atom stereocenters. The highest BCUT2D eigenvalue weighted by Crippen LogP contribution is 2.16.